The van der Waals surface area contributed by atoms with Crippen LogP contribution >= 0.6 is 11.3 Å². The average molecular weight is 553 g/mol. The fourth-order valence-corrected chi connectivity index (χ4v) is 6.32. The zero-order valence-electron chi connectivity index (χ0n) is 23.3. The zero-order chi connectivity index (χ0) is 27.9. The molecule has 5 rings (SSSR count). The van der Waals surface area contributed by atoms with Crippen LogP contribution in [0.2, 0.25) is 0 Å². The van der Waals surface area contributed by atoms with E-state index in [0.717, 1.165) is 49.0 Å². The third kappa shape index (κ3) is 7.13. The van der Waals surface area contributed by atoms with Crippen molar-refractivity contribution in [1.82, 2.24) is 9.80 Å². The van der Waals surface area contributed by atoms with Gasteiger partial charge in [0.25, 0.3) is 0 Å². The van der Waals surface area contributed by atoms with Gasteiger partial charge in [0.15, 0.2) is 0 Å². The summed E-state index contributed by atoms with van der Waals surface area (Å²) in [6.45, 7) is 9.93. The topological polar surface area (TPSA) is 30.9 Å². The summed E-state index contributed by atoms with van der Waals surface area (Å²) in [4.78, 5) is 9.81. The summed E-state index contributed by atoms with van der Waals surface area (Å²) >= 11 is 1.85. The van der Waals surface area contributed by atoms with Gasteiger partial charge in [-0.05, 0) is 110 Å². The summed E-state index contributed by atoms with van der Waals surface area (Å²) in [6, 6.07) is 24.3. The van der Waals surface area contributed by atoms with Crippen molar-refractivity contribution >= 4 is 38.6 Å². The quantitative estimate of drug-likeness (QED) is 0.129. The molecule has 1 aliphatic heterocycles. The predicted molar refractivity (Wildman–Crippen MR) is 169 cm³/mol. The largest absolute Gasteiger partial charge is 0.344 e. The molecule has 0 spiro atoms. The minimum absolute atomic E-state index is 0.264. The number of hydrogen-bond donors (Lipinski definition) is 1. The second-order valence-electron chi connectivity index (χ2n) is 10.5. The maximum absolute atomic E-state index is 13.3. The molecule has 0 saturated carbocycles. The average Bonchev–Trinajstić information content (AvgIpc) is 3.37. The van der Waals surface area contributed by atoms with Gasteiger partial charge in [-0.3, -0.25) is 9.80 Å². The van der Waals surface area contributed by atoms with Crippen LogP contribution in [0.5, 0.6) is 0 Å². The van der Waals surface area contributed by atoms with E-state index in [4.69, 9.17) is 4.99 Å². The highest BCUT2D eigenvalue weighted by Gasteiger charge is 2.23. The number of fused-ring (bicyclic) bond motifs is 1. The van der Waals surface area contributed by atoms with Crippen LogP contribution in [-0.2, 0) is 13.1 Å². The standard InChI is InChI=1S/C34H37FN4S/c1-4-7-33(27-12-14-29(35)15-13-27)37-25(2)36-30-16-10-26(11-17-30)22-39-20-18-31(19-21-39)38(3)23-28-24-40-34-9-6-5-8-32(28)34/h4-17,24,31H,1,18-23H2,2-3H3,(H,36,37)/b33-7-. The first-order valence-electron chi connectivity index (χ1n) is 13.9. The van der Waals surface area contributed by atoms with E-state index in [1.54, 1.807) is 18.2 Å². The predicted octanol–water partition coefficient (Wildman–Crippen LogP) is 8.19. The number of nitrogens with zero attached hydrogens (tertiary/aromatic N) is 3. The number of nitrogens with one attached hydrogen (secondary N) is 1. The van der Waals surface area contributed by atoms with Crippen LogP contribution < -0.4 is 5.32 Å². The normalized spacial score (nSPS) is 15.6. The third-order valence-electron chi connectivity index (χ3n) is 7.55. The summed E-state index contributed by atoms with van der Waals surface area (Å²) in [7, 11) is 2.28. The first-order valence-corrected chi connectivity index (χ1v) is 14.7. The lowest BCUT2D eigenvalue weighted by Gasteiger charge is -2.36. The molecule has 0 radical (unpaired) electrons. The van der Waals surface area contributed by atoms with Crippen molar-refractivity contribution in [2.75, 3.05) is 25.5 Å². The molecule has 40 heavy (non-hydrogen) atoms. The van der Waals surface area contributed by atoms with Gasteiger partial charge in [-0.1, -0.05) is 43.0 Å². The number of likely N-dealkylation sites (tertiary alicyclic amines) is 1. The van der Waals surface area contributed by atoms with Crippen molar-refractivity contribution in [1.29, 1.82) is 0 Å². The molecule has 1 aromatic heterocycles. The molecule has 3 aromatic carbocycles. The molecule has 1 saturated heterocycles. The van der Waals surface area contributed by atoms with Crippen LogP contribution in [-0.4, -0.2) is 41.8 Å². The highest BCUT2D eigenvalue weighted by Crippen LogP contribution is 2.28. The van der Waals surface area contributed by atoms with Crippen molar-refractivity contribution in [3.63, 3.8) is 0 Å². The molecule has 0 atom stereocenters. The summed E-state index contributed by atoms with van der Waals surface area (Å²) in [6.07, 6.45) is 5.91. The summed E-state index contributed by atoms with van der Waals surface area (Å²) < 4.78 is 14.7. The zero-order valence-corrected chi connectivity index (χ0v) is 24.1. The van der Waals surface area contributed by atoms with Crippen LogP contribution in [0.4, 0.5) is 10.1 Å². The molecule has 0 amide bonds. The Bertz CT molecular complexity index is 1480. The molecule has 4 aromatic rings. The Labute approximate surface area is 241 Å². The maximum atomic E-state index is 13.3. The fraction of sp³-hybridized carbons (Fsp3) is 0.265. The molecule has 0 unspecified atom stereocenters. The van der Waals surface area contributed by atoms with Gasteiger partial charge in [-0.15, -0.1) is 11.3 Å². The number of rotatable bonds is 9. The van der Waals surface area contributed by atoms with E-state index >= 15 is 0 Å². The molecular weight excluding hydrogens is 515 g/mol. The second-order valence-corrected chi connectivity index (χ2v) is 11.4. The molecule has 1 N–H and O–H groups in total. The molecule has 6 heteroatoms. The lowest BCUT2D eigenvalue weighted by molar-refractivity contribution is 0.119. The Morgan fingerprint density at radius 2 is 1.80 bits per heavy atom. The number of anilines is 1. The van der Waals surface area contributed by atoms with E-state index in [2.05, 4.69) is 82.7 Å². The Hall–Kier alpha value is -3.58. The van der Waals surface area contributed by atoms with E-state index in [1.807, 2.05) is 24.3 Å². The van der Waals surface area contributed by atoms with Crippen molar-refractivity contribution < 1.29 is 4.39 Å². The van der Waals surface area contributed by atoms with Gasteiger partial charge < -0.3 is 5.32 Å². The van der Waals surface area contributed by atoms with Crippen molar-refractivity contribution in [2.45, 2.75) is 38.9 Å². The molecule has 2 heterocycles. The molecule has 1 fully saturated rings. The smallest absolute Gasteiger partial charge is 0.123 e. The van der Waals surface area contributed by atoms with Gasteiger partial charge >= 0.3 is 0 Å². The number of aliphatic imine (C=N–C) groups is 1. The monoisotopic (exact) mass is 552 g/mol. The molecular formula is C34H37FN4S. The summed E-state index contributed by atoms with van der Waals surface area (Å²) in [5.74, 6) is 0.493. The van der Waals surface area contributed by atoms with Crippen LogP contribution in [0.25, 0.3) is 15.8 Å². The van der Waals surface area contributed by atoms with Gasteiger partial charge in [-0.2, -0.15) is 0 Å². The van der Waals surface area contributed by atoms with Gasteiger partial charge in [0, 0.05) is 35.1 Å². The van der Waals surface area contributed by atoms with Crippen molar-refractivity contribution in [3.05, 3.63) is 119 Å². The van der Waals surface area contributed by atoms with Crippen molar-refractivity contribution in [3.8, 4) is 0 Å². The number of hydrogen-bond acceptors (Lipinski definition) is 4. The van der Waals surface area contributed by atoms with E-state index in [-0.39, 0.29) is 5.82 Å². The van der Waals surface area contributed by atoms with Gasteiger partial charge in [0.05, 0.1) is 5.70 Å². The first-order chi connectivity index (χ1) is 19.5. The Morgan fingerprint density at radius 3 is 2.52 bits per heavy atom. The first kappa shape index (κ1) is 28.0. The van der Waals surface area contributed by atoms with Crippen molar-refractivity contribution in [2.24, 2.45) is 4.99 Å². The van der Waals surface area contributed by atoms with E-state index in [9.17, 15) is 4.39 Å². The van der Waals surface area contributed by atoms with Gasteiger partial charge in [-0.25, -0.2) is 9.38 Å². The number of amidine groups is 1. The second kappa shape index (κ2) is 13.2. The number of piperidine rings is 1. The van der Waals surface area contributed by atoms with Crippen LogP contribution in [0.1, 0.15) is 36.5 Å². The van der Waals surface area contributed by atoms with Gasteiger partial charge in [0.1, 0.15) is 11.7 Å². The Kier molecular flexibility index (Phi) is 9.22. The molecule has 0 aliphatic carbocycles. The minimum atomic E-state index is -0.264. The maximum Gasteiger partial charge on any atom is 0.123 e. The number of benzene rings is 3. The lowest BCUT2D eigenvalue weighted by Crippen LogP contribution is -2.42. The SMILES string of the molecule is C=C/C=C(\N=C(C)Nc1ccc(CN2CCC(N(C)Cc3csc4ccccc34)CC2)cc1)c1ccc(F)cc1. The van der Waals surface area contributed by atoms with Gasteiger partial charge in [0.2, 0.25) is 0 Å². The summed E-state index contributed by atoms with van der Waals surface area (Å²) in [5.41, 5.74) is 5.32. The van der Waals surface area contributed by atoms with E-state index in [0.29, 0.717) is 6.04 Å². The lowest BCUT2D eigenvalue weighted by atomic mass is 10.0. The molecule has 1 aliphatic rings. The van der Waals surface area contributed by atoms with Crippen LogP contribution in [0.3, 0.4) is 0 Å². The number of halogens is 1. The molecule has 0 bridgehead atoms. The third-order valence-corrected chi connectivity index (χ3v) is 8.56. The Balaban J connectivity index is 1.11. The molecule has 4 nitrogen and oxygen atoms in total. The van der Waals surface area contributed by atoms with E-state index in [1.165, 1.54) is 46.2 Å². The molecule has 206 valence electrons. The van der Waals surface area contributed by atoms with E-state index < -0.39 is 0 Å². The fourth-order valence-electron chi connectivity index (χ4n) is 5.37. The highest BCUT2D eigenvalue weighted by molar-refractivity contribution is 7.17. The number of allylic oxidation sites excluding steroid dienone is 2. The number of thiophene rings is 1. The Morgan fingerprint density at radius 1 is 1.07 bits per heavy atom. The van der Waals surface area contributed by atoms with Crippen LogP contribution in [0.15, 0.2) is 102 Å². The highest BCUT2D eigenvalue weighted by atomic mass is 32.1. The minimum Gasteiger partial charge on any atom is -0.344 e. The summed E-state index contributed by atoms with van der Waals surface area (Å²) in [5, 5.41) is 7.10. The van der Waals surface area contributed by atoms with Crippen LogP contribution in [0, 0.1) is 5.82 Å².